The molecular weight excluding hydrogens is 545 g/mol. The Balaban J connectivity index is 1.52. The van der Waals surface area contributed by atoms with Crippen molar-refractivity contribution in [2.75, 3.05) is 13.1 Å². The molecule has 4 rings (SSSR count). The predicted octanol–water partition coefficient (Wildman–Crippen LogP) is 2.11. The Labute approximate surface area is 237 Å². The second-order valence-electron chi connectivity index (χ2n) is 10.2. The molecule has 0 spiro atoms. The number of amides is 2. The third-order valence-corrected chi connectivity index (χ3v) is 8.22. The van der Waals surface area contributed by atoms with Crippen LogP contribution in [-0.4, -0.2) is 69.9 Å². The van der Waals surface area contributed by atoms with Gasteiger partial charge in [0.05, 0.1) is 11.1 Å². The number of carboxylic acids is 1. The van der Waals surface area contributed by atoms with Gasteiger partial charge >= 0.3 is 5.97 Å². The van der Waals surface area contributed by atoms with E-state index in [1.807, 2.05) is 18.2 Å². The van der Waals surface area contributed by atoms with Crippen molar-refractivity contribution in [3.63, 3.8) is 0 Å². The van der Waals surface area contributed by atoms with Crippen LogP contribution in [-0.2, 0) is 27.3 Å². The molecule has 0 aliphatic carbocycles. The van der Waals surface area contributed by atoms with Crippen molar-refractivity contribution in [1.82, 2.24) is 15.1 Å². The molecule has 0 radical (unpaired) electrons. The smallest absolute Gasteiger partial charge is 0.303 e. The molecule has 2 aromatic rings. The average molecular weight is 578 g/mol. The fourth-order valence-corrected chi connectivity index (χ4v) is 5.85. The number of nitrogens with two attached hydrogens (primary N) is 1. The van der Waals surface area contributed by atoms with Gasteiger partial charge in [0.2, 0.25) is 23.7 Å². The molecule has 2 fully saturated rings. The summed E-state index contributed by atoms with van der Waals surface area (Å²) in [5, 5.41) is 24.5. The summed E-state index contributed by atoms with van der Waals surface area (Å²) in [5.74, 6) is -1.82. The van der Waals surface area contributed by atoms with Crippen molar-refractivity contribution in [1.29, 1.82) is 0 Å². The van der Waals surface area contributed by atoms with Crippen LogP contribution in [0.2, 0.25) is 10.0 Å². The lowest BCUT2D eigenvalue weighted by atomic mass is 10.0. The molecule has 1 aromatic heterocycles. The molecule has 2 amide bonds. The zero-order valence-corrected chi connectivity index (χ0v) is 23.0. The number of hydrogen-bond acceptors (Lipinski definition) is 6. The first-order chi connectivity index (χ1) is 18.6. The number of carbonyl (C=O) groups excluding carboxylic acids is 2. The zero-order valence-electron chi connectivity index (χ0n) is 21.5. The third-order valence-electron chi connectivity index (χ3n) is 7.51. The third kappa shape index (κ3) is 7.19. The second-order valence-corrected chi connectivity index (χ2v) is 11.0. The first-order valence-electron chi connectivity index (χ1n) is 13.1. The van der Waals surface area contributed by atoms with Gasteiger partial charge in [-0.25, -0.2) is 0 Å². The number of carbonyl (C=O) groups is 3. The molecule has 12 heteroatoms. The zero-order chi connectivity index (χ0) is 28.1. The Bertz CT molecular complexity index is 1200. The van der Waals surface area contributed by atoms with Crippen molar-refractivity contribution in [2.45, 2.75) is 69.2 Å². The minimum Gasteiger partial charge on any atom is -0.618 e. The lowest BCUT2D eigenvalue weighted by molar-refractivity contribution is -0.614. The fourth-order valence-electron chi connectivity index (χ4n) is 5.53. The van der Waals surface area contributed by atoms with E-state index in [2.05, 4.69) is 22.3 Å². The number of hydrogen-bond donors (Lipinski definition) is 3. The van der Waals surface area contributed by atoms with E-state index in [1.165, 1.54) is 16.5 Å². The maximum atomic E-state index is 13.8. The standard InChI is InChI=1S/C27H33Cl2N5O5/c28-21-13-20(34(39)16-22(21)29)14-31-26(37)23(8-9-25(35)36)32-11-10-19(7-6-17-4-2-1-3-5-17)33-15-18(30)12-24(33)27(32)38/h1-5,13,16,18-19,23-24H,6-12,14-15,30H2,(H,31,37)(H,35,36)/t18-,19?,23-,24+/m1/s1. The van der Waals surface area contributed by atoms with Crippen molar-refractivity contribution >= 4 is 41.0 Å². The van der Waals surface area contributed by atoms with Gasteiger partial charge in [0.1, 0.15) is 17.6 Å². The van der Waals surface area contributed by atoms with Gasteiger partial charge in [-0.05, 0) is 37.7 Å². The number of aryl methyl sites for hydroxylation is 1. The predicted molar refractivity (Wildman–Crippen MR) is 146 cm³/mol. The van der Waals surface area contributed by atoms with Gasteiger partial charge in [-0.2, -0.15) is 4.73 Å². The summed E-state index contributed by atoms with van der Waals surface area (Å²) in [4.78, 5) is 42.3. The quantitative estimate of drug-likeness (QED) is 0.290. The summed E-state index contributed by atoms with van der Waals surface area (Å²) < 4.78 is 0.507. The highest BCUT2D eigenvalue weighted by Crippen LogP contribution is 2.30. The summed E-state index contributed by atoms with van der Waals surface area (Å²) in [6.45, 7) is 0.744. The summed E-state index contributed by atoms with van der Waals surface area (Å²) in [6, 6.07) is 9.94. The monoisotopic (exact) mass is 577 g/mol. The molecule has 39 heavy (non-hydrogen) atoms. The van der Waals surface area contributed by atoms with Crippen molar-refractivity contribution in [3.05, 3.63) is 69.1 Å². The molecule has 4 N–H and O–H groups in total. The number of rotatable bonds is 10. The van der Waals surface area contributed by atoms with Gasteiger partial charge < -0.3 is 26.3 Å². The van der Waals surface area contributed by atoms with Crippen LogP contribution >= 0.6 is 23.2 Å². The molecule has 2 aliphatic rings. The van der Waals surface area contributed by atoms with Gasteiger partial charge in [0.15, 0.2) is 0 Å². The van der Waals surface area contributed by atoms with Crippen molar-refractivity contribution in [3.8, 4) is 0 Å². The van der Waals surface area contributed by atoms with E-state index in [4.69, 9.17) is 28.9 Å². The van der Waals surface area contributed by atoms with Crippen LogP contribution in [0.3, 0.4) is 0 Å². The largest absolute Gasteiger partial charge is 0.618 e. The molecule has 1 unspecified atom stereocenters. The first-order valence-corrected chi connectivity index (χ1v) is 13.8. The Kier molecular flexibility index (Phi) is 9.66. The normalized spacial score (nSPS) is 22.3. The van der Waals surface area contributed by atoms with E-state index in [0.717, 1.165) is 19.0 Å². The molecule has 210 valence electrons. The number of nitrogens with one attached hydrogen (secondary N) is 1. The Hall–Kier alpha value is -2.92. The average Bonchev–Trinajstić information content (AvgIpc) is 3.24. The Morgan fingerprint density at radius 1 is 1.23 bits per heavy atom. The van der Waals surface area contributed by atoms with Gasteiger partial charge in [0, 0.05) is 37.7 Å². The van der Waals surface area contributed by atoms with Gasteiger partial charge in [-0.15, -0.1) is 0 Å². The Morgan fingerprint density at radius 3 is 2.69 bits per heavy atom. The summed E-state index contributed by atoms with van der Waals surface area (Å²) in [6.07, 6.45) is 3.54. The van der Waals surface area contributed by atoms with Gasteiger partial charge in [-0.3, -0.25) is 19.3 Å². The van der Waals surface area contributed by atoms with Crippen molar-refractivity contribution in [2.24, 2.45) is 5.73 Å². The summed E-state index contributed by atoms with van der Waals surface area (Å²) in [5.41, 5.74) is 7.65. The maximum Gasteiger partial charge on any atom is 0.303 e. The van der Waals surface area contributed by atoms with E-state index >= 15 is 0 Å². The SMILES string of the molecule is N[C@@H]1C[C@H]2C(=O)N([C@H](CCC(=O)O)C(=O)NCc3cc(Cl)c(Cl)c[n+]3[O-])CCC(CCc3ccccc3)N2C1. The highest BCUT2D eigenvalue weighted by atomic mass is 35.5. The minimum absolute atomic E-state index is 0.0564. The van der Waals surface area contributed by atoms with Gasteiger partial charge in [0.25, 0.3) is 0 Å². The Morgan fingerprint density at radius 2 is 1.97 bits per heavy atom. The van der Waals surface area contributed by atoms with E-state index in [-0.39, 0.29) is 53.1 Å². The van der Waals surface area contributed by atoms with Crippen LogP contribution in [0.4, 0.5) is 0 Å². The molecule has 1 aromatic carbocycles. The van der Waals surface area contributed by atoms with E-state index in [9.17, 15) is 24.7 Å². The number of fused-ring (bicyclic) bond motifs is 1. The van der Waals surface area contributed by atoms with E-state index in [1.54, 1.807) is 0 Å². The number of aromatic nitrogens is 1. The highest BCUT2D eigenvalue weighted by molar-refractivity contribution is 6.41. The molecule has 4 atom stereocenters. The topological polar surface area (TPSA) is 143 Å². The first kappa shape index (κ1) is 29.1. The van der Waals surface area contributed by atoms with E-state index in [0.29, 0.717) is 30.7 Å². The molecule has 10 nitrogen and oxygen atoms in total. The molecule has 2 aliphatic heterocycles. The van der Waals surface area contributed by atoms with Crippen LogP contribution in [0.1, 0.15) is 43.4 Å². The maximum absolute atomic E-state index is 13.8. The lowest BCUT2D eigenvalue weighted by Gasteiger charge is -2.32. The molecular formula is C27H33Cl2N5O5. The van der Waals surface area contributed by atoms with Crippen LogP contribution in [0.15, 0.2) is 42.6 Å². The van der Waals surface area contributed by atoms with E-state index < -0.39 is 24.0 Å². The number of nitrogens with zero attached hydrogens (tertiary/aromatic N) is 3. The van der Waals surface area contributed by atoms with Gasteiger partial charge in [-0.1, -0.05) is 53.5 Å². The molecule has 3 heterocycles. The fraction of sp³-hybridized carbons (Fsp3) is 0.481. The highest BCUT2D eigenvalue weighted by Gasteiger charge is 2.45. The second kappa shape index (κ2) is 13.0. The minimum atomic E-state index is -1.07. The molecule has 2 saturated heterocycles. The molecule has 0 saturated carbocycles. The number of pyridine rings is 1. The van der Waals surface area contributed by atoms with Crippen molar-refractivity contribution < 1.29 is 24.2 Å². The van der Waals surface area contributed by atoms with Crippen LogP contribution < -0.4 is 15.8 Å². The number of benzene rings is 1. The summed E-state index contributed by atoms with van der Waals surface area (Å²) in [7, 11) is 0. The number of aliphatic carboxylic acids is 1. The lowest BCUT2D eigenvalue weighted by Crippen LogP contribution is -2.53. The van der Waals surface area contributed by atoms with Crippen LogP contribution in [0.25, 0.3) is 0 Å². The molecule has 0 bridgehead atoms. The summed E-state index contributed by atoms with van der Waals surface area (Å²) >= 11 is 11.9. The number of carboxylic acid groups (broad SMARTS) is 1. The number of halogens is 2. The van der Waals surface area contributed by atoms with Crippen LogP contribution in [0.5, 0.6) is 0 Å². The van der Waals surface area contributed by atoms with Crippen LogP contribution in [0, 0.1) is 5.21 Å².